The fourth-order valence-corrected chi connectivity index (χ4v) is 2.46. The van der Waals surface area contributed by atoms with Gasteiger partial charge in [-0.1, -0.05) is 6.07 Å². The summed E-state index contributed by atoms with van der Waals surface area (Å²) >= 11 is 5.77. The van der Waals surface area contributed by atoms with E-state index in [2.05, 4.69) is 25.1 Å². The number of fused-ring (bicyclic) bond motifs is 3. The zero-order valence-electron chi connectivity index (χ0n) is 11.4. The molecule has 0 saturated carbocycles. The van der Waals surface area contributed by atoms with Crippen LogP contribution in [0.3, 0.4) is 0 Å². The monoisotopic (exact) mass is 314 g/mol. The number of nitrogens with two attached hydrogens (primary N) is 1. The van der Waals surface area contributed by atoms with E-state index in [9.17, 15) is 0 Å². The number of anilines is 1. The lowest BCUT2D eigenvalue weighted by atomic mass is 10.3. The molecular formula is C13H11ClN8. The average Bonchev–Trinajstić information content (AvgIpc) is 3.14. The predicted octanol–water partition coefficient (Wildman–Crippen LogP) is 1.36. The van der Waals surface area contributed by atoms with Crippen LogP contribution >= 0.6 is 11.6 Å². The van der Waals surface area contributed by atoms with E-state index in [1.54, 1.807) is 17.1 Å². The SMILES string of the molecule is Nc1nc2c(cnn2CCCl)c2nc(-c3ccccn3)nn12. The Balaban J connectivity index is 1.99. The number of rotatable bonds is 3. The summed E-state index contributed by atoms with van der Waals surface area (Å²) in [6, 6.07) is 5.56. The molecule has 22 heavy (non-hydrogen) atoms. The summed E-state index contributed by atoms with van der Waals surface area (Å²) in [6.45, 7) is 0.550. The summed E-state index contributed by atoms with van der Waals surface area (Å²) in [4.78, 5) is 13.1. The first-order valence-corrected chi connectivity index (χ1v) is 7.16. The highest BCUT2D eigenvalue weighted by Gasteiger charge is 2.16. The number of halogens is 1. The molecule has 4 aromatic heterocycles. The van der Waals surface area contributed by atoms with E-state index >= 15 is 0 Å². The summed E-state index contributed by atoms with van der Waals surface area (Å²) in [6.07, 6.45) is 3.39. The molecule has 110 valence electrons. The van der Waals surface area contributed by atoms with E-state index in [0.29, 0.717) is 35.2 Å². The Morgan fingerprint density at radius 3 is 2.86 bits per heavy atom. The van der Waals surface area contributed by atoms with Crippen molar-refractivity contribution in [3.63, 3.8) is 0 Å². The highest BCUT2D eigenvalue weighted by molar-refractivity contribution is 6.17. The first kappa shape index (κ1) is 13.0. The molecule has 2 N–H and O–H groups in total. The minimum Gasteiger partial charge on any atom is -0.368 e. The number of aryl methyl sites for hydroxylation is 1. The number of alkyl halides is 1. The van der Waals surface area contributed by atoms with Gasteiger partial charge in [0, 0.05) is 12.1 Å². The number of aromatic nitrogens is 7. The van der Waals surface area contributed by atoms with Crippen LogP contribution in [-0.4, -0.2) is 40.2 Å². The normalized spacial score (nSPS) is 11.5. The molecule has 0 aromatic carbocycles. The van der Waals surface area contributed by atoms with Crippen molar-refractivity contribution in [2.24, 2.45) is 0 Å². The number of nitrogen functional groups attached to an aromatic ring is 1. The third-order valence-corrected chi connectivity index (χ3v) is 3.46. The Kier molecular flexibility index (Phi) is 2.90. The molecule has 0 aliphatic heterocycles. The van der Waals surface area contributed by atoms with Crippen LogP contribution in [0.1, 0.15) is 0 Å². The molecule has 4 aromatic rings. The lowest BCUT2D eigenvalue weighted by Gasteiger charge is -2.01. The summed E-state index contributed by atoms with van der Waals surface area (Å²) in [5, 5.41) is 9.43. The fraction of sp³-hybridized carbons (Fsp3) is 0.154. The van der Waals surface area contributed by atoms with Crippen molar-refractivity contribution in [3.8, 4) is 11.5 Å². The third kappa shape index (κ3) is 1.88. The Bertz CT molecular complexity index is 958. The quantitative estimate of drug-likeness (QED) is 0.573. The number of pyridine rings is 1. The zero-order valence-corrected chi connectivity index (χ0v) is 12.1. The molecule has 4 rings (SSSR count). The number of nitrogens with zero attached hydrogens (tertiary/aromatic N) is 7. The average molecular weight is 315 g/mol. The van der Waals surface area contributed by atoms with Crippen molar-refractivity contribution in [1.82, 2.24) is 34.3 Å². The fourth-order valence-electron chi connectivity index (χ4n) is 2.30. The van der Waals surface area contributed by atoms with Crippen molar-refractivity contribution in [2.45, 2.75) is 6.54 Å². The molecule has 9 heteroatoms. The Morgan fingerprint density at radius 1 is 1.18 bits per heavy atom. The molecule has 0 bridgehead atoms. The van der Waals surface area contributed by atoms with Crippen molar-refractivity contribution in [2.75, 3.05) is 11.6 Å². The van der Waals surface area contributed by atoms with Crippen LogP contribution in [0.5, 0.6) is 0 Å². The van der Waals surface area contributed by atoms with Crippen molar-refractivity contribution in [3.05, 3.63) is 30.6 Å². The molecule has 0 saturated heterocycles. The van der Waals surface area contributed by atoms with Gasteiger partial charge in [0.1, 0.15) is 5.69 Å². The van der Waals surface area contributed by atoms with Crippen molar-refractivity contribution in [1.29, 1.82) is 0 Å². The van der Waals surface area contributed by atoms with Gasteiger partial charge in [-0.3, -0.25) is 4.98 Å². The standard InChI is InChI=1S/C13H11ClN8/c14-4-6-21-11-8(7-17-21)12-18-10(9-3-1-2-5-16-9)20-22(12)13(15)19-11/h1-3,5,7H,4,6H2,(H2,15,19). The van der Waals surface area contributed by atoms with Gasteiger partial charge in [-0.05, 0) is 12.1 Å². The van der Waals surface area contributed by atoms with Crippen LogP contribution in [0.4, 0.5) is 5.95 Å². The number of hydrogen-bond donors (Lipinski definition) is 1. The first-order chi connectivity index (χ1) is 10.8. The molecule has 0 radical (unpaired) electrons. The van der Waals surface area contributed by atoms with Gasteiger partial charge in [0.2, 0.25) is 11.8 Å². The van der Waals surface area contributed by atoms with E-state index in [4.69, 9.17) is 17.3 Å². The first-order valence-electron chi connectivity index (χ1n) is 6.63. The smallest absolute Gasteiger partial charge is 0.225 e. The summed E-state index contributed by atoms with van der Waals surface area (Å²) in [5.74, 6) is 1.18. The second-order valence-electron chi connectivity index (χ2n) is 4.65. The molecule has 0 atom stereocenters. The van der Waals surface area contributed by atoms with E-state index in [0.717, 1.165) is 5.39 Å². The van der Waals surface area contributed by atoms with Gasteiger partial charge in [-0.2, -0.15) is 14.6 Å². The molecule has 0 aliphatic carbocycles. The molecule has 0 amide bonds. The van der Waals surface area contributed by atoms with E-state index in [-0.39, 0.29) is 5.95 Å². The Hall–Kier alpha value is -2.74. The highest BCUT2D eigenvalue weighted by atomic mass is 35.5. The maximum absolute atomic E-state index is 5.99. The van der Waals surface area contributed by atoms with Crippen LogP contribution in [-0.2, 0) is 6.54 Å². The van der Waals surface area contributed by atoms with E-state index in [1.165, 1.54) is 4.52 Å². The van der Waals surface area contributed by atoms with Crippen molar-refractivity contribution < 1.29 is 0 Å². The van der Waals surface area contributed by atoms with Gasteiger partial charge in [-0.25, -0.2) is 9.67 Å². The maximum atomic E-state index is 5.99. The Morgan fingerprint density at radius 2 is 2.09 bits per heavy atom. The van der Waals surface area contributed by atoms with Gasteiger partial charge in [0.25, 0.3) is 0 Å². The molecule has 4 heterocycles. The molecular weight excluding hydrogens is 304 g/mol. The van der Waals surface area contributed by atoms with Crippen LogP contribution in [0, 0.1) is 0 Å². The summed E-state index contributed by atoms with van der Waals surface area (Å²) in [7, 11) is 0. The van der Waals surface area contributed by atoms with Gasteiger partial charge in [0.15, 0.2) is 11.3 Å². The highest BCUT2D eigenvalue weighted by Crippen LogP contribution is 2.22. The summed E-state index contributed by atoms with van der Waals surface area (Å²) in [5.41, 5.74) is 7.91. The van der Waals surface area contributed by atoms with Crippen LogP contribution < -0.4 is 5.73 Å². The second-order valence-corrected chi connectivity index (χ2v) is 5.03. The van der Waals surface area contributed by atoms with Crippen LogP contribution in [0.2, 0.25) is 0 Å². The lowest BCUT2D eigenvalue weighted by Crippen LogP contribution is -2.06. The predicted molar refractivity (Wildman–Crippen MR) is 82.4 cm³/mol. The van der Waals surface area contributed by atoms with Crippen LogP contribution in [0.15, 0.2) is 30.6 Å². The molecule has 8 nitrogen and oxygen atoms in total. The summed E-state index contributed by atoms with van der Waals surface area (Å²) < 4.78 is 3.20. The van der Waals surface area contributed by atoms with Gasteiger partial charge in [0.05, 0.1) is 18.1 Å². The molecule has 0 aliphatic rings. The zero-order chi connectivity index (χ0) is 15.1. The molecule has 0 spiro atoms. The minimum absolute atomic E-state index is 0.244. The van der Waals surface area contributed by atoms with Gasteiger partial charge in [-0.15, -0.1) is 16.7 Å². The van der Waals surface area contributed by atoms with Crippen LogP contribution in [0.25, 0.3) is 28.2 Å². The van der Waals surface area contributed by atoms with E-state index in [1.807, 2.05) is 18.2 Å². The third-order valence-electron chi connectivity index (χ3n) is 3.29. The largest absolute Gasteiger partial charge is 0.368 e. The second kappa shape index (κ2) is 4.92. The van der Waals surface area contributed by atoms with Crippen molar-refractivity contribution >= 4 is 34.2 Å². The molecule has 0 fully saturated rings. The maximum Gasteiger partial charge on any atom is 0.225 e. The topological polar surface area (TPSA) is 99.8 Å². The molecule has 0 unspecified atom stereocenters. The van der Waals surface area contributed by atoms with E-state index < -0.39 is 0 Å². The lowest BCUT2D eigenvalue weighted by molar-refractivity contribution is 0.680. The van der Waals surface area contributed by atoms with Gasteiger partial charge >= 0.3 is 0 Å². The number of hydrogen-bond acceptors (Lipinski definition) is 6. The Labute approximate surface area is 129 Å². The van der Waals surface area contributed by atoms with Gasteiger partial charge < -0.3 is 5.73 Å². The minimum atomic E-state index is 0.244.